The predicted octanol–water partition coefficient (Wildman–Crippen LogP) is 3.62. The second kappa shape index (κ2) is 6.45. The summed E-state index contributed by atoms with van der Waals surface area (Å²) in [6.07, 6.45) is -1.80. The van der Waals surface area contributed by atoms with Crippen molar-refractivity contribution in [1.82, 2.24) is 29.6 Å². The maximum absolute atomic E-state index is 12.9. The zero-order chi connectivity index (χ0) is 18.1. The van der Waals surface area contributed by atoms with Gasteiger partial charge in [0.2, 0.25) is 0 Å². The molecule has 10 heteroatoms. The second-order valence-corrected chi connectivity index (χ2v) is 6.32. The lowest BCUT2D eigenvalue weighted by Crippen LogP contribution is -2.06. The average Bonchev–Trinajstić information content (AvgIpc) is 3.26. The molecule has 0 N–H and O–H groups in total. The molecule has 0 aliphatic rings. The Balaban J connectivity index is 1.54. The van der Waals surface area contributed by atoms with Gasteiger partial charge in [-0.25, -0.2) is 0 Å². The quantitative estimate of drug-likeness (QED) is 0.509. The highest BCUT2D eigenvalue weighted by atomic mass is 32.2. The largest absolute Gasteiger partial charge is 0.417 e. The third-order valence-corrected chi connectivity index (χ3v) is 4.55. The zero-order valence-corrected chi connectivity index (χ0v) is 13.9. The lowest BCUT2D eigenvalue weighted by Gasteiger charge is -2.07. The molecule has 3 heterocycles. The number of aromatic nitrogens is 6. The summed E-state index contributed by atoms with van der Waals surface area (Å²) in [5.74, 6) is 0.407. The highest BCUT2D eigenvalue weighted by Crippen LogP contribution is 2.30. The van der Waals surface area contributed by atoms with Gasteiger partial charge in [0, 0.05) is 11.9 Å². The van der Waals surface area contributed by atoms with Gasteiger partial charge in [0.1, 0.15) is 0 Å². The maximum Gasteiger partial charge on any atom is 0.417 e. The Bertz CT molecular complexity index is 1040. The Morgan fingerprint density at radius 3 is 2.58 bits per heavy atom. The van der Waals surface area contributed by atoms with Crippen LogP contribution in [-0.2, 0) is 11.9 Å². The van der Waals surface area contributed by atoms with Crippen molar-refractivity contribution in [2.24, 2.45) is 0 Å². The summed E-state index contributed by atoms with van der Waals surface area (Å²) in [6.45, 7) is 0. The summed E-state index contributed by atoms with van der Waals surface area (Å²) >= 11 is 1.24. The molecular formula is C16H11F3N6S. The number of nitrogens with zero attached hydrogens (tertiary/aromatic N) is 6. The number of pyridine rings is 1. The van der Waals surface area contributed by atoms with E-state index < -0.39 is 11.7 Å². The summed E-state index contributed by atoms with van der Waals surface area (Å²) in [5.41, 5.74) is 1.11. The summed E-state index contributed by atoms with van der Waals surface area (Å²) < 4.78 is 40.0. The molecule has 0 aliphatic carbocycles. The normalized spacial score (nSPS) is 12.0. The van der Waals surface area contributed by atoms with E-state index in [-0.39, 0.29) is 0 Å². The Morgan fingerprint density at radius 1 is 1.00 bits per heavy atom. The molecule has 3 aromatic heterocycles. The molecule has 6 nitrogen and oxygen atoms in total. The molecule has 0 fully saturated rings. The van der Waals surface area contributed by atoms with Crippen molar-refractivity contribution < 1.29 is 13.2 Å². The van der Waals surface area contributed by atoms with Crippen LogP contribution in [0.3, 0.4) is 0 Å². The Morgan fingerprint density at radius 2 is 1.81 bits per heavy atom. The van der Waals surface area contributed by atoms with E-state index in [0.29, 0.717) is 22.3 Å². The molecule has 0 saturated heterocycles. The van der Waals surface area contributed by atoms with E-state index in [2.05, 4.69) is 20.4 Å². The molecular weight excluding hydrogens is 365 g/mol. The molecule has 0 amide bonds. The van der Waals surface area contributed by atoms with Crippen LogP contribution in [0.2, 0.25) is 0 Å². The molecule has 4 aromatic rings. The van der Waals surface area contributed by atoms with Gasteiger partial charge in [-0.1, -0.05) is 30.0 Å². The van der Waals surface area contributed by atoms with E-state index in [9.17, 15) is 13.2 Å². The minimum Gasteiger partial charge on any atom is -0.277 e. The Kier molecular flexibility index (Phi) is 4.11. The number of hydrogen-bond donors (Lipinski definition) is 0. The molecule has 4 rings (SSSR count). The number of benzene rings is 1. The van der Waals surface area contributed by atoms with Crippen LogP contribution in [0.15, 0.2) is 60.0 Å². The topological polar surface area (TPSA) is 60.9 Å². The molecule has 0 unspecified atom stereocenters. The molecule has 1 aromatic carbocycles. The minimum absolute atomic E-state index is 0.355. The van der Waals surface area contributed by atoms with Gasteiger partial charge in [-0.15, -0.1) is 10.2 Å². The van der Waals surface area contributed by atoms with E-state index >= 15 is 0 Å². The summed E-state index contributed by atoms with van der Waals surface area (Å²) in [4.78, 5) is 1.50. The van der Waals surface area contributed by atoms with Crippen LogP contribution in [-0.4, -0.2) is 29.6 Å². The fraction of sp³-hybridized carbons (Fsp3) is 0.125. The maximum atomic E-state index is 12.9. The molecule has 0 spiro atoms. The van der Waals surface area contributed by atoms with Crippen LogP contribution in [0.5, 0.6) is 0 Å². The van der Waals surface area contributed by atoms with Gasteiger partial charge >= 0.3 is 6.18 Å². The van der Waals surface area contributed by atoms with Crippen molar-refractivity contribution >= 4 is 17.4 Å². The van der Waals surface area contributed by atoms with Crippen molar-refractivity contribution in [2.45, 2.75) is 17.1 Å². The van der Waals surface area contributed by atoms with E-state index in [1.807, 2.05) is 30.3 Å². The van der Waals surface area contributed by atoms with E-state index in [4.69, 9.17) is 0 Å². The van der Waals surface area contributed by atoms with Crippen LogP contribution in [0, 0.1) is 0 Å². The van der Waals surface area contributed by atoms with Crippen molar-refractivity contribution in [3.05, 3.63) is 66.1 Å². The van der Waals surface area contributed by atoms with Gasteiger partial charge < -0.3 is 0 Å². The first-order valence-electron chi connectivity index (χ1n) is 7.52. The second-order valence-electron chi connectivity index (χ2n) is 5.38. The lowest BCUT2D eigenvalue weighted by molar-refractivity contribution is -0.137. The van der Waals surface area contributed by atoms with E-state index in [1.54, 1.807) is 6.20 Å². The number of rotatable bonds is 4. The van der Waals surface area contributed by atoms with Gasteiger partial charge in [0.15, 0.2) is 10.8 Å². The zero-order valence-electron chi connectivity index (χ0n) is 13.1. The first kappa shape index (κ1) is 16.6. The van der Waals surface area contributed by atoms with E-state index in [0.717, 1.165) is 18.0 Å². The fourth-order valence-corrected chi connectivity index (χ4v) is 3.11. The highest BCUT2D eigenvalue weighted by Gasteiger charge is 2.31. The first-order valence-corrected chi connectivity index (χ1v) is 8.51. The predicted molar refractivity (Wildman–Crippen MR) is 88.9 cm³/mol. The first-order chi connectivity index (χ1) is 12.5. The highest BCUT2D eigenvalue weighted by molar-refractivity contribution is 7.98. The molecule has 0 aliphatic heterocycles. The van der Waals surface area contributed by atoms with Crippen molar-refractivity contribution in [1.29, 1.82) is 0 Å². The number of hydrogen-bond acceptors (Lipinski definition) is 5. The van der Waals surface area contributed by atoms with Crippen LogP contribution >= 0.6 is 11.8 Å². The Labute approximate surface area is 149 Å². The smallest absolute Gasteiger partial charge is 0.277 e. The average molecular weight is 376 g/mol. The van der Waals surface area contributed by atoms with Crippen LogP contribution in [0.4, 0.5) is 13.2 Å². The van der Waals surface area contributed by atoms with E-state index in [1.165, 1.54) is 27.0 Å². The molecule has 0 saturated carbocycles. The van der Waals surface area contributed by atoms with Gasteiger partial charge in [-0.05, 0) is 24.3 Å². The van der Waals surface area contributed by atoms with Gasteiger partial charge in [-0.2, -0.15) is 28.2 Å². The third kappa shape index (κ3) is 3.27. The Hall–Kier alpha value is -2.88. The molecule has 0 bridgehead atoms. The summed E-state index contributed by atoms with van der Waals surface area (Å²) in [7, 11) is 0. The van der Waals surface area contributed by atoms with Crippen molar-refractivity contribution in [2.75, 3.05) is 0 Å². The third-order valence-electron chi connectivity index (χ3n) is 3.57. The van der Waals surface area contributed by atoms with Gasteiger partial charge in [-0.3, -0.25) is 4.40 Å². The number of para-hydroxylation sites is 1. The minimum atomic E-state index is -4.42. The van der Waals surface area contributed by atoms with Gasteiger partial charge in [0.25, 0.3) is 0 Å². The van der Waals surface area contributed by atoms with Crippen molar-refractivity contribution in [3.8, 4) is 5.69 Å². The van der Waals surface area contributed by atoms with Crippen LogP contribution in [0.1, 0.15) is 11.3 Å². The van der Waals surface area contributed by atoms with Crippen LogP contribution in [0.25, 0.3) is 11.3 Å². The number of halogens is 3. The molecule has 132 valence electrons. The number of thioether (sulfide) groups is 1. The SMILES string of the molecule is FC(F)(F)c1ccc2nnc(SCc3cnn(-c4ccccc4)n3)n2c1. The molecule has 0 atom stereocenters. The summed E-state index contributed by atoms with van der Waals surface area (Å²) in [6, 6.07) is 11.7. The standard InChI is InChI=1S/C16H11F3N6S/c17-16(18,19)11-6-7-14-21-22-15(24(14)9-11)26-10-12-8-20-25(23-12)13-4-2-1-3-5-13/h1-9H,10H2. The molecule has 26 heavy (non-hydrogen) atoms. The van der Waals surface area contributed by atoms with Gasteiger partial charge in [0.05, 0.1) is 23.1 Å². The number of alkyl halides is 3. The monoisotopic (exact) mass is 376 g/mol. The lowest BCUT2D eigenvalue weighted by atomic mass is 10.3. The number of fused-ring (bicyclic) bond motifs is 1. The molecule has 0 radical (unpaired) electrons. The van der Waals surface area contributed by atoms with Crippen LogP contribution < -0.4 is 0 Å². The summed E-state index contributed by atoms with van der Waals surface area (Å²) in [5, 5.41) is 16.8. The van der Waals surface area contributed by atoms with Crippen molar-refractivity contribution in [3.63, 3.8) is 0 Å². The fourth-order valence-electron chi connectivity index (χ4n) is 2.32.